The first-order valence-corrected chi connectivity index (χ1v) is 6.30. The Morgan fingerprint density at radius 1 is 1.71 bits per heavy atom. The van der Waals surface area contributed by atoms with Crippen LogP contribution in [0.2, 0.25) is 0 Å². The van der Waals surface area contributed by atoms with Gasteiger partial charge in [-0.1, -0.05) is 15.9 Å². The highest BCUT2D eigenvalue weighted by Crippen LogP contribution is 2.13. The summed E-state index contributed by atoms with van der Waals surface area (Å²) < 4.78 is 5.27. The Hall–Kier alpha value is -0.0900. The predicted molar refractivity (Wildman–Crippen MR) is 59.6 cm³/mol. The number of alkyl halides is 1. The van der Waals surface area contributed by atoms with E-state index in [1.54, 1.807) is 0 Å². The first kappa shape index (κ1) is 12.0. The predicted octanol–water partition coefficient (Wildman–Crippen LogP) is 1.70. The van der Waals surface area contributed by atoms with Crippen LogP contribution in [0.5, 0.6) is 0 Å². The molecule has 1 amide bonds. The second kappa shape index (κ2) is 6.40. The Labute approximate surface area is 93.7 Å². The van der Waals surface area contributed by atoms with Gasteiger partial charge in [0.2, 0.25) is 5.91 Å². The molecule has 0 radical (unpaired) electrons. The topological polar surface area (TPSA) is 38.3 Å². The number of carbonyl (C=O) groups is 1. The maximum atomic E-state index is 11.7. The van der Waals surface area contributed by atoms with Crippen LogP contribution < -0.4 is 5.32 Å². The second-order valence-electron chi connectivity index (χ2n) is 3.80. The van der Waals surface area contributed by atoms with Gasteiger partial charge < -0.3 is 10.1 Å². The smallest absolute Gasteiger partial charge is 0.225 e. The number of nitrogens with one attached hydrogen (secondary N) is 1. The van der Waals surface area contributed by atoms with Crippen LogP contribution in [0, 0.1) is 5.92 Å². The summed E-state index contributed by atoms with van der Waals surface area (Å²) in [5, 5.41) is 3.93. The molecule has 1 aliphatic rings. The number of hydrogen-bond acceptors (Lipinski definition) is 2. The van der Waals surface area contributed by atoms with Gasteiger partial charge in [-0.25, -0.2) is 0 Å². The first-order valence-electron chi connectivity index (χ1n) is 5.18. The number of hydrogen-bond donors (Lipinski definition) is 1. The van der Waals surface area contributed by atoms with Gasteiger partial charge in [0.15, 0.2) is 0 Å². The van der Waals surface area contributed by atoms with Crippen molar-refractivity contribution in [2.75, 3.05) is 18.5 Å². The average molecular weight is 264 g/mol. The van der Waals surface area contributed by atoms with Crippen LogP contribution in [-0.2, 0) is 9.53 Å². The summed E-state index contributed by atoms with van der Waals surface area (Å²) in [4.78, 5) is 11.7. The third-order valence-corrected chi connectivity index (χ3v) is 2.92. The Balaban J connectivity index is 2.25. The second-order valence-corrected chi connectivity index (χ2v) is 4.59. The number of halogens is 1. The van der Waals surface area contributed by atoms with Crippen molar-refractivity contribution in [3.05, 3.63) is 0 Å². The number of carbonyl (C=O) groups excluding carboxylic acids is 1. The maximum absolute atomic E-state index is 11.7. The lowest BCUT2D eigenvalue weighted by molar-refractivity contribution is -0.129. The van der Waals surface area contributed by atoms with E-state index in [1.165, 1.54) is 0 Å². The molecule has 0 aromatic rings. The van der Waals surface area contributed by atoms with Crippen molar-refractivity contribution in [1.29, 1.82) is 0 Å². The maximum Gasteiger partial charge on any atom is 0.225 e. The van der Waals surface area contributed by atoms with Crippen molar-refractivity contribution in [3.63, 3.8) is 0 Å². The normalized spacial score (nSPS) is 24.3. The highest BCUT2D eigenvalue weighted by Gasteiger charge is 2.22. The van der Waals surface area contributed by atoms with Crippen LogP contribution in [0.1, 0.15) is 26.2 Å². The van der Waals surface area contributed by atoms with E-state index in [4.69, 9.17) is 4.74 Å². The summed E-state index contributed by atoms with van der Waals surface area (Å²) in [5.41, 5.74) is 0. The Morgan fingerprint density at radius 2 is 2.50 bits per heavy atom. The third-order valence-electron chi connectivity index (χ3n) is 2.46. The largest absolute Gasteiger partial charge is 0.381 e. The first-order chi connectivity index (χ1) is 6.74. The van der Waals surface area contributed by atoms with Gasteiger partial charge >= 0.3 is 0 Å². The van der Waals surface area contributed by atoms with E-state index in [0.29, 0.717) is 6.61 Å². The molecule has 2 unspecified atom stereocenters. The number of rotatable bonds is 4. The minimum Gasteiger partial charge on any atom is -0.381 e. The summed E-state index contributed by atoms with van der Waals surface area (Å²) in [6.45, 7) is 3.43. The summed E-state index contributed by atoms with van der Waals surface area (Å²) in [7, 11) is 0. The van der Waals surface area contributed by atoms with E-state index in [0.717, 1.165) is 31.2 Å². The van der Waals surface area contributed by atoms with Gasteiger partial charge in [-0.15, -0.1) is 0 Å². The van der Waals surface area contributed by atoms with Crippen molar-refractivity contribution < 1.29 is 9.53 Å². The lowest BCUT2D eigenvalue weighted by atomic mass is 10.0. The van der Waals surface area contributed by atoms with Crippen molar-refractivity contribution in [1.82, 2.24) is 5.32 Å². The van der Waals surface area contributed by atoms with E-state index in [2.05, 4.69) is 21.2 Å². The quantitative estimate of drug-likeness (QED) is 0.785. The number of ether oxygens (including phenoxy) is 1. The molecule has 1 N–H and O–H groups in total. The molecule has 82 valence electrons. The van der Waals surface area contributed by atoms with Crippen LogP contribution in [-0.4, -0.2) is 30.5 Å². The van der Waals surface area contributed by atoms with Crippen LogP contribution in [0.15, 0.2) is 0 Å². The zero-order valence-corrected chi connectivity index (χ0v) is 10.2. The van der Waals surface area contributed by atoms with E-state index in [9.17, 15) is 4.79 Å². The van der Waals surface area contributed by atoms with Crippen molar-refractivity contribution in [2.45, 2.75) is 32.2 Å². The zero-order chi connectivity index (χ0) is 10.4. The molecule has 1 saturated heterocycles. The fourth-order valence-corrected chi connectivity index (χ4v) is 2.23. The molecule has 1 fully saturated rings. The van der Waals surface area contributed by atoms with Crippen LogP contribution in [0.4, 0.5) is 0 Å². The SMILES string of the molecule is CC(CCBr)NC(=O)C1CCCOC1. The molecule has 3 nitrogen and oxygen atoms in total. The van der Waals surface area contributed by atoms with Crippen LogP contribution in [0.3, 0.4) is 0 Å². The molecule has 1 rings (SSSR count). The van der Waals surface area contributed by atoms with Crippen molar-refractivity contribution in [3.8, 4) is 0 Å². The van der Waals surface area contributed by atoms with Crippen molar-refractivity contribution in [2.24, 2.45) is 5.92 Å². The summed E-state index contributed by atoms with van der Waals surface area (Å²) in [5.74, 6) is 0.222. The lowest BCUT2D eigenvalue weighted by Crippen LogP contribution is -2.40. The third kappa shape index (κ3) is 3.96. The molecule has 0 bridgehead atoms. The molecule has 0 aliphatic carbocycles. The van der Waals surface area contributed by atoms with Gasteiger partial charge in [0, 0.05) is 18.0 Å². The van der Waals surface area contributed by atoms with Gasteiger partial charge in [-0.2, -0.15) is 0 Å². The number of amides is 1. The standard InChI is InChI=1S/C10H18BrNO2/c1-8(4-5-11)12-10(13)9-3-2-6-14-7-9/h8-9H,2-7H2,1H3,(H,12,13). The zero-order valence-electron chi connectivity index (χ0n) is 8.59. The van der Waals surface area contributed by atoms with E-state index in [-0.39, 0.29) is 17.9 Å². The molecule has 0 aromatic heterocycles. The molecule has 1 heterocycles. The molecule has 0 saturated carbocycles. The summed E-state index contributed by atoms with van der Waals surface area (Å²) in [6, 6.07) is 0.254. The van der Waals surface area contributed by atoms with E-state index >= 15 is 0 Å². The molecule has 2 atom stereocenters. The molecule has 1 aliphatic heterocycles. The highest BCUT2D eigenvalue weighted by atomic mass is 79.9. The fourth-order valence-electron chi connectivity index (χ4n) is 1.54. The van der Waals surface area contributed by atoms with E-state index in [1.807, 2.05) is 6.92 Å². The van der Waals surface area contributed by atoms with Gasteiger partial charge in [-0.3, -0.25) is 4.79 Å². The van der Waals surface area contributed by atoms with Crippen molar-refractivity contribution >= 4 is 21.8 Å². The molecular weight excluding hydrogens is 246 g/mol. The molecule has 4 heteroatoms. The summed E-state index contributed by atoms with van der Waals surface area (Å²) >= 11 is 3.36. The average Bonchev–Trinajstić information content (AvgIpc) is 2.19. The van der Waals surface area contributed by atoms with Gasteiger partial charge in [0.1, 0.15) is 0 Å². The Kier molecular flexibility index (Phi) is 5.48. The Bertz CT molecular complexity index is 181. The highest BCUT2D eigenvalue weighted by molar-refractivity contribution is 9.09. The molecular formula is C10H18BrNO2. The monoisotopic (exact) mass is 263 g/mol. The lowest BCUT2D eigenvalue weighted by Gasteiger charge is -2.23. The fraction of sp³-hybridized carbons (Fsp3) is 0.900. The van der Waals surface area contributed by atoms with E-state index < -0.39 is 0 Å². The van der Waals surface area contributed by atoms with Gasteiger partial charge in [0.05, 0.1) is 12.5 Å². The van der Waals surface area contributed by atoms with Crippen LogP contribution in [0.25, 0.3) is 0 Å². The van der Waals surface area contributed by atoms with Gasteiger partial charge in [-0.05, 0) is 26.2 Å². The van der Waals surface area contributed by atoms with Gasteiger partial charge in [0.25, 0.3) is 0 Å². The summed E-state index contributed by atoms with van der Waals surface area (Å²) in [6.07, 6.45) is 2.94. The Morgan fingerprint density at radius 3 is 3.07 bits per heavy atom. The molecule has 14 heavy (non-hydrogen) atoms. The molecule has 0 aromatic carbocycles. The minimum absolute atomic E-state index is 0.0709. The van der Waals surface area contributed by atoms with Crippen LogP contribution >= 0.6 is 15.9 Å². The molecule has 0 spiro atoms. The minimum atomic E-state index is 0.0709.